The predicted octanol–water partition coefficient (Wildman–Crippen LogP) is 2.52. The first-order chi connectivity index (χ1) is 8.67. The van der Waals surface area contributed by atoms with E-state index in [2.05, 4.69) is 42.4 Å². The number of benzene rings is 1. The molecule has 1 aromatic carbocycles. The Morgan fingerprint density at radius 2 is 2.33 bits per heavy atom. The zero-order valence-corrected chi connectivity index (χ0v) is 11.3. The molecule has 3 rings (SSSR count). The van der Waals surface area contributed by atoms with Crippen LogP contribution in [0.5, 0.6) is 5.75 Å². The third-order valence-corrected chi connectivity index (χ3v) is 4.47. The van der Waals surface area contributed by atoms with E-state index in [0.717, 1.165) is 25.3 Å². The molecule has 0 spiro atoms. The summed E-state index contributed by atoms with van der Waals surface area (Å²) in [6.45, 7) is 5.33. The SMILES string of the molecule is CN1CCCC1(C)COc1ccc2c(c1)CCN2. The van der Waals surface area contributed by atoms with E-state index < -0.39 is 0 Å². The highest BCUT2D eigenvalue weighted by atomic mass is 16.5. The average molecular weight is 246 g/mol. The van der Waals surface area contributed by atoms with Crippen molar-refractivity contribution in [3.8, 4) is 5.75 Å². The van der Waals surface area contributed by atoms with Gasteiger partial charge in [-0.2, -0.15) is 0 Å². The highest BCUT2D eigenvalue weighted by molar-refractivity contribution is 5.57. The topological polar surface area (TPSA) is 24.5 Å². The van der Waals surface area contributed by atoms with Gasteiger partial charge in [0.2, 0.25) is 0 Å². The zero-order valence-electron chi connectivity index (χ0n) is 11.3. The van der Waals surface area contributed by atoms with Gasteiger partial charge in [0.25, 0.3) is 0 Å². The van der Waals surface area contributed by atoms with Crippen LogP contribution in [-0.4, -0.2) is 37.2 Å². The molecular formula is C15H22N2O. The fraction of sp³-hybridized carbons (Fsp3) is 0.600. The Hall–Kier alpha value is -1.22. The summed E-state index contributed by atoms with van der Waals surface area (Å²) in [5.74, 6) is 1.01. The summed E-state index contributed by atoms with van der Waals surface area (Å²) in [5, 5.41) is 3.38. The Morgan fingerprint density at radius 1 is 1.44 bits per heavy atom. The Kier molecular flexibility index (Phi) is 2.94. The predicted molar refractivity (Wildman–Crippen MR) is 74.4 cm³/mol. The van der Waals surface area contributed by atoms with Crippen LogP contribution in [0.3, 0.4) is 0 Å². The molecule has 3 nitrogen and oxygen atoms in total. The monoisotopic (exact) mass is 246 g/mol. The molecule has 1 unspecified atom stereocenters. The van der Waals surface area contributed by atoms with Gasteiger partial charge in [0.1, 0.15) is 12.4 Å². The first kappa shape index (κ1) is 11.8. The van der Waals surface area contributed by atoms with Crippen molar-refractivity contribution in [2.45, 2.75) is 31.7 Å². The molecule has 0 bridgehead atoms. The van der Waals surface area contributed by atoms with Gasteiger partial charge in [-0.05, 0) is 63.5 Å². The van der Waals surface area contributed by atoms with Crippen LogP contribution >= 0.6 is 0 Å². The Labute approximate surface area is 109 Å². The molecule has 0 radical (unpaired) electrons. The lowest BCUT2D eigenvalue weighted by atomic mass is 10.0. The molecule has 1 fully saturated rings. The number of ether oxygens (including phenoxy) is 1. The van der Waals surface area contributed by atoms with Crippen molar-refractivity contribution in [1.29, 1.82) is 0 Å². The maximum atomic E-state index is 6.02. The number of likely N-dealkylation sites (tertiary alicyclic amines) is 1. The van der Waals surface area contributed by atoms with Gasteiger partial charge in [-0.15, -0.1) is 0 Å². The fourth-order valence-electron chi connectivity index (χ4n) is 2.95. The number of anilines is 1. The number of rotatable bonds is 3. The second-order valence-electron chi connectivity index (χ2n) is 5.81. The number of nitrogens with zero attached hydrogens (tertiary/aromatic N) is 1. The molecule has 0 aliphatic carbocycles. The van der Waals surface area contributed by atoms with Crippen LogP contribution in [-0.2, 0) is 6.42 Å². The molecule has 98 valence electrons. The largest absolute Gasteiger partial charge is 0.492 e. The molecule has 1 saturated heterocycles. The Bertz CT molecular complexity index is 446. The van der Waals surface area contributed by atoms with E-state index in [1.807, 2.05) is 0 Å². The minimum atomic E-state index is 0.206. The second kappa shape index (κ2) is 4.47. The van der Waals surface area contributed by atoms with Gasteiger partial charge in [0.05, 0.1) is 5.54 Å². The lowest BCUT2D eigenvalue weighted by molar-refractivity contribution is 0.114. The van der Waals surface area contributed by atoms with Crippen LogP contribution in [0.1, 0.15) is 25.3 Å². The fourth-order valence-corrected chi connectivity index (χ4v) is 2.95. The van der Waals surface area contributed by atoms with Crippen molar-refractivity contribution < 1.29 is 4.74 Å². The Balaban J connectivity index is 1.66. The van der Waals surface area contributed by atoms with Gasteiger partial charge < -0.3 is 10.1 Å². The third-order valence-electron chi connectivity index (χ3n) is 4.47. The third kappa shape index (κ3) is 2.07. The summed E-state index contributed by atoms with van der Waals surface area (Å²) < 4.78 is 6.02. The standard InChI is InChI=1S/C15H22N2O/c1-15(7-3-9-17(15)2)11-18-13-4-5-14-12(10-13)6-8-16-14/h4-5,10,16H,3,6-9,11H2,1-2H3. The average Bonchev–Trinajstić information content (AvgIpc) is 2.95. The van der Waals surface area contributed by atoms with Crippen molar-refractivity contribution in [3.05, 3.63) is 23.8 Å². The van der Waals surface area contributed by atoms with Gasteiger partial charge in [-0.3, -0.25) is 4.90 Å². The molecule has 1 aromatic rings. The molecule has 0 saturated carbocycles. The van der Waals surface area contributed by atoms with Crippen molar-refractivity contribution in [2.75, 3.05) is 32.1 Å². The van der Waals surface area contributed by atoms with Crippen LogP contribution in [0, 0.1) is 0 Å². The van der Waals surface area contributed by atoms with Gasteiger partial charge in [0.15, 0.2) is 0 Å². The number of hydrogen-bond donors (Lipinski definition) is 1. The van der Waals surface area contributed by atoms with Gasteiger partial charge in [-0.25, -0.2) is 0 Å². The molecule has 0 amide bonds. The van der Waals surface area contributed by atoms with E-state index in [9.17, 15) is 0 Å². The normalized spacial score (nSPS) is 27.0. The quantitative estimate of drug-likeness (QED) is 0.887. The highest BCUT2D eigenvalue weighted by Gasteiger charge is 2.34. The number of fused-ring (bicyclic) bond motifs is 1. The lowest BCUT2D eigenvalue weighted by Crippen LogP contribution is -2.43. The lowest BCUT2D eigenvalue weighted by Gasteiger charge is -2.32. The first-order valence-corrected chi connectivity index (χ1v) is 6.88. The van der Waals surface area contributed by atoms with Gasteiger partial charge in [-0.1, -0.05) is 0 Å². The van der Waals surface area contributed by atoms with E-state index in [-0.39, 0.29) is 5.54 Å². The van der Waals surface area contributed by atoms with E-state index >= 15 is 0 Å². The maximum Gasteiger partial charge on any atom is 0.119 e. The maximum absolute atomic E-state index is 6.02. The van der Waals surface area contributed by atoms with Crippen molar-refractivity contribution in [3.63, 3.8) is 0 Å². The summed E-state index contributed by atoms with van der Waals surface area (Å²) >= 11 is 0. The van der Waals surface area contributed by atoms with E-state index in [1.54, 1.807) is 0 Å². The summed E-state index contributed by atoms with van der Waals surface area (Å²) in [4.78, 5) is 2.42. The molecule has 3 heteroatoms. The minimum Gasteiger partial charge on any atom is -0.492 e. The molecule has 1 atom stereocenters. The summed E-state index contributed by atoms with van der Waals surface area (Å²) in [5.41, 5.74) is 2.86. The van der Waals surface area contributed by atoms with E-state index in [0.29, 0.717) is 0 Å². The van der Waals surface area contributed by atoms with Crippen LogP contribution in [0.15, 0.2) is 18.2 Å². The van der Waals surface area contributed by atoms with Crippen molar-refractivity contribution in [1.82, 2.24) is 4.90 Å². The van der Waals surface area contributed by atoms with E-state index in [4.69, 9.17) is 4.74 Å². The minimum absolute atomic E-state index is 0.206. The smallest absolute Gasteiger partial charge is 0.119 e. The van der Waals surface area contributed by atoms with Crippen LogP contribution in [0.25, 0.3) is 0 Å². The molecular weight excluding hydrogens is 224 g/mol. The first-order valence-electron chi connectivity index (χ1n) is 6.88. The molecule has 18 heavy (non-hydrogen) atoms. The molecule has 0 aromatic heterocycles. The van der Waals surface area contributed by atoms with Crippen LogP contribution in [0.4, 0.5) is 5.69 Å². The number of hydrogen-bond acceptors (Lipinski definition) is 3. The van der Waals surface area contributed by atoms with E-state index in [1.165, 1.54) is 30.6 Å². The summed E-state index contributed by atoms with van der Waals surface area (Å²) in [6.07, 6.45) is 3.63. The molecule has 2 aliphatic heterocycles. The van der Waals surface area contributed by atoms with Crippen LogP contribution in [0.2, 0.25) is 0 Å². The summed E-state index contributed by atoms with van der Waals surface area (Å²) in [6, 6.07) is 6.40. The second-order valence-corrected chi connectivity index (χ2v) is 5.81. The number of nitrogens with one attached hydrogen (secondary N) is 1. The molecule has 2 aliphatic rings. The molecule has 2 heterocycles. The number of likely N-dealkylation sites (N-methyl/N-ethyl adjacent to an activating group) is 1. The zero-order chi connectivity index (χ0) is 12.6. The summed E-state index contributed by atoms with van der Waals surface area (Å²) in [7, 11) is 2.20. The van der Waals surface area contributed by atoms with Gasteiger partial charge >= 0.3 is 0 Å². The Morgan fingerprint density at radius 3 is 3.11 bits per heavy atom. The van der Waals surface area contributed by atoms with Gasteiger partial charge in [0, 0.05) is 12.2 Å². The van der Waals surface area contributed by atoms with Crippen LogP contribution < -0.4 is 10.1 Å². The molecule has 1 N–H and O–H groups in total. The van der Waals surface area contributed by atoms with Crippen molar-refractivity contribution in [2.24, 2.45) is 0 Å². The van der Waals surface area contributed by atoms with Crippen molar-refractivity contribution >= 4 is 5.69 Å². The highest BCUT2D eigenvalue weighted by Crippen LogP contribution is 2.30.